The third-order valence-electron chi connectivity index (χ3n) is 2.06. The minimum atomic E-state index is -0.424. The highest BCUT2D eigenvalue weighted by Crippen LogP contribution is 2.07. The Labute approximate surface area is 98.6 Å². The largest absolute Gasteiger partial charge is 0.393 e. The van der Waals surface area contributed by atoms with Crippen molar-refractivity contribution in [2.45, 2.75) is 26.3 Å². The van der Waals surface area contributed by atoms with Crippen molar-refractivity contribution in [3.63, 3.8) is 0 Å². The van der Waals surface area contributed by atoms with Gasteiger partial charge >= 0.3 is 0 Å². The standard InChI is InChI=1S/C9H14N4O2S/c1-2-3-6(8(10)16)9(14)11-4-7-12-5-15-13-7/h5-6H,2-4H2,1H3,(H2,10,16)(H,11,14). The predicted molar refractivity (Wildman–Crippen MR) is 61.3 cm³/mol. The van der Waals surface area contributed by atoms with Gasteiger partial charge in [0.15, 0.2) is 5.82 Å². The molecule has 88 valence electrons. The lowest BCUT2D eigenvalue weighted by atomic mass is 10.0. The Morgan fingerprint density at radius 3 is 3.00 bits per heavy atom. The van der Waals surface area contributed by atoms with Gasteiger partial charge in [-0.3, -0.25) is 4.79 Å². The number of rotatable bonds is 6. The highest BCUT2D eigenvalue weighted by atomic mass is 32.1. The van der Waals surface area contributed by atoms with Gasteiger partial charge in [0.25, 0.3) is 0 Å². The minimum absolute atomic E-state index is 0.195. The molecule has 1 amide bonds. The van der Waals surface area contributed by atoms with Crippen LogP contribution in [0.2, 0.25) is 0 Å². The van der Waals surface area contributed by atoms with E-state index in [0.717, 1.165) is 6.42 Å². The van der Waals surface area contributed by atoms with E-state index in [9.17, 15) is 4.79 Å². The second-order valence-electron chi connectivity index (χ2n) is 3.31. The first-order valence-electron chi connectivity index (χ1n) is 4.97. The molecule has 16 heavy (non-hydrogen) atoms. The SMILES string of the molecule is CCCC(C(=O)NCc1ncon1)C(N)=S. The van der Waals surface area contributed by atoms with Gasteiger partial charge in [-0.05, 0) is 6.42 Å². The maximum absolute atomic E-state index is 11.7. The van der Waals surface area contributed by atoms with E-state index in [1.54, 1.807) is 0 Å². The summed E-state index contributed by atoms with van der Waals surface area (Å²) in [7, 11) is 0. The highest BCUT2D eigenvalue weighted by molar-refractivity contribution is 7.80. The van der Waals surface area contributed by atoms with Gasteiger partial charge in [-0.1, -0.05) is 30.7 Å². The Morgan fingerprint density at radius 1 is 1.75 bits per heavy atom. The zero-order valence-electron chi connectivity index (χ0n) is 8.97. The van der Waals surface area contributed by atoms with Gasteiger partial charge in [-0.15, -0.1) is 0 Å². The number of nitrogens with one attached hydrogen (secondary N) is 1. The number of carbonyl (C=O) groups is 1. The average molecular weight is 242 g/mol. The van der Waals surface area contributed by atoms with E-state index >= 15 is 0 Å². The smallest absolute Gasteiger partial charge is 0.230 e. The molecule has 0 saturated carbocycles. The summed E-state index contributed by atoms with van der Waals surface area (Å²) in [6, 6.07) is 0. The lowest BCUT2D eigenvalue weighted by molar-refractivity contribution is -0.123. The van der Waals surface area contributed by atoms with Crippen LogP contribution in [0.15, 0.2) is 10.9 Å². The van der Waals surface area contributed by atoms with E-state index in [0.29, 0.717) is 12.2 Å². The van der Waals surface area contributed by atoms with Crippen molar-refractivity contribution in [1.29, 1.82) is 0 Å². The summed E-state index contributed by atoms with van der Waals surface area (Å²) in [6.45, 7) is 2.19. The molecule has 1 aromatic rings. The summed E-state index contributed by atoms with van der Waals surface area (Å²) < 4.78 is 4.54. The van der Waals surface area contributed by atoms with Gasteiger partial charge in [0, 0.05) is 0 Å². The second kappa shape index (κ2) is 6.16. The summed E-state index contributed by atoms with van der Waals surface area (Å²) >= 11 is 4.84. The fourth-order valence-corrected chi connectivity index (χ4v) is 1.48. The Morgan fingerprint density at radius 2 is 2.50 bits per heavy atom. The van der Waals surface area contributed by atoms with Crippen LogP contribution in [-0.4, -0.2) is 21.0 Å². The summed E-state index contributed by atoms with van der Waals surface area (Å²) in [5.41, 5.74) is 5.49. The minimum Gasteiger partial charge on any atom is -0.393 e. The summed E-state index contributed by atoms with van der Waals surface area (Å²) in [6.07, 6.45) is 2.70. The van der Waals surface area contributed by atoms with E-state index < -0.39 is 5.92 Å². The Kier molecular flexibility index (Phi) is 4.84. The number of amides is 1. The number of hydrogen-bond donors (Lipinski definition) is 2. The molecule has 3 N–H and O–H groups in total. The highest BCUT2D eigenvalue weighted by Gasteiger charge is 2.20. The third-order valence-corrected chi connectivity index (χ3v) is 2.35. The monoisotopic (exact) mass is 242 g/mol. The number of nitrogens with two attached hydrogens (primary N) is 1. The number of aromatic nitrogens is 2. The zero-order valence-corrected chi connectivity index (χ0v) is 9.79. The van der Waals surface area contributed by atoms with Crippen LogP contribution in [0.3, 0.4) is 0 Å². The molecule has 0 aromatic carbocycles. The number of carbonyl (C=O) groups excluding carboxylic acids is 1. The van der Waals surface area contributed by atoms with Crippen molar-refractivity contribution in [3.05, 3.63) is 12.2 Å². The first-order valence-corrected chi connectivity index (χ1v) is 5.38. The molecule has 0 radical (unpaired) electrons. The fraction of sp³-hybridized carbons (Fsp3) is 0.556. The van der Waals surface area contributed by atoms with Crippen molar-refractivity contribution < 1.29 is 9.32 Å². The lowest BCUT2D eigenvalue weighted by Gasteiger charge is -2.13. The van der Waals surface area contributed by atoms with Crippen LogP contribution in [0.1, 0.15) is 25.6 Å². The van der Waals surface area contributed by atoms with Crippen LogP contribution >= 0.6 is 12.2 Å². The zero-order chi connectivity index (χ0) is 12.0. The van der Waals surface area contributed by atoms with E-state index in [1.807, 2.05) is 6.92 Å². The van der Waals surface area contributed by atoms with Gasteiger partial charge in [0.2, 0.25) is 12.3 Å². The predicted octanol–water partition coefficient (Wildman–Crippen LogP) is 0.388. The fourth-order valence-electron chi connectivity index (χ4n) is 1.25. The molecule has 0 spiro atoms. The Balaban J connectivity index is 2.46. The quantitative estimate of drug-likeness (QED) is 0.701. The molecule has 0 saturated heterocycles. The number of hydrogen-bond acceptors (Lipinski definition) is 5. The van der Waals surface area contributed by atoms with Gasteiger partial charge in [-0.2, -0.15) is 4.98 Å². The molecular weight excluding hydrogens is 228 g/mol. The third kappa shape index (κ3) is 3.58. The Hall–Kier alpha value is -1.50. The molecule has 7 heteroatoms. The molecule has 1 atom stereocenters. The van der Waals surface area contributed by atoms with E-state index in [2.05, 4.69) is 20.0 Å². The first-order chi connectivity index (χ1) is 7.65. The van der Waals surface area contributed by atoms with Gasteiger partial charge in [0.05, 0.1) is 17.5 Å². The Bertz CT molecular complexity index is 352. The van der Waals surface area contributed by atoms with E-state index in [1.165, 1.54) is 6.39 Å². The lowest BCUT2D eigenvalue weighted by Crippen LogP contribution is -2.37. The molecule has 1 unspecified atom stereocenters. The molecule has 0 bridgehead atoms. The number of thiocarbonyl (C=S) groups is 1. The molecule has 0 aliphatic heterocycles. The molecule has 0 fully saturated rings. The van der Waals surface area contributed by atoms with Crippen molar-refractivity contribution in [3.8, 4) is 0 Å². The van der Waals surface area contributed by atoms with Gasteiger partial charge in [0.1, 0.15) is 0 Å². The normalized spacial score (nSPS) is 12.1. The molecule has 1 aromatic heterocycles. The van der Waals surface area contributed by atoms with Gasteiger partial charge < -0.3 is 15.6 Å². The number of nitrogens with zero attached hydrogens (tertiary/aromatic N) is 2. The first kappa shape index (κ1) is 12.6. The van der Waals surface area contributed by atoms with E-state index in [4.69, 9.17) is 18.0 Å². The van der Waals surface area contributed by atoms with Crippen LogP contribution in [0, 0.1) is 5.92 Å². The maximum Gasteiger partial charge on any atom is 0.230 e. The molecule has 0 aliphatic carbocycles. The van der Waals surface area contributed by atoms with E-state index in [-0.39, 0.29) is 17.4 Å². The van der Waals surface area contributed by atoms with Crippen molar-refractivity contribution in [2.24, 2.45) is 11.7 Å². The molecule has 0 aliphatic rings. The summed E-state index contributed by atoms with van der Waals surface area (Å²) in [5.74, 6) is -0.197. The topological polar surface area (TPSA) is 94.0 Å². The molecular formula is C9H14N4O2S. The van der Waals surface area contributed by atoms with Crippen molar-refractivity contribution >= 4 is 23.1 Å². The van der Waals surface area contributed by atoms with Crippen LogP contribution in [0.25, 0.3) is 0 Å². The van der Waals surface area contributed by atoms with Gasteiger partial charge in [-0.25, -0.2) is 0 Å². The van der Waals surface area contributed by atoms with Crippen LogP contribution in [0.5, 0.6) is 0 Å². The molecule has 6 nitrogen and oxygen atoms in total. The second-order valence-corrected chi connectivity index (χ2v) is 3.78. The summed E-state index contributed by atoms with van der Waals surface area (Å²) in [5, 5.41) is 6.23. The average Bonchev–Trinajstić information content (AvgIpc) is 2.75. The van der Waals surface area contributed by atoms with Crippen molar-refractivity contribution in [1.82, 2.24) is 15.5 Å². The molecule has 1 rings (SSSR count). The van der Waals surface area contributed by atoms with Crippen LogP contribution in [-0.2, 0) is 11.3 Å². The maximum atomic E-state index is 11.7. The summed E-state index contributed by atoms with van der Waals surface area (Å²) in [4.78, 5) is 15.7. The molecule has 1 heterocycles. The van der Waals surface area contributed by atoms with Crippen LogP contribution < -0.4 is 11.1 Å². The van der Waals surface area contributed by atoms with Crippen LogP contribution in [0.4, 0.5) is 0 Å². The van der Waals surface area contributed by atoms with Crippen molar-refractivity contribution in [2.75, 3.05) is 0 Å².